The van der Waals surface area contributed by atoms with Crippen LogP contribution in [-0.2, 0) is 11.2 Å². The van der Waals surface area contributed by atoms with E-state index in [4.69, 9.17) is 23.2 Å². The van der Waals surface area contributed by atoms with Crippen LogP contribution in [0, 0.1) is 0 Å². The van der Waals surface area contributed by atoms with Crippen LogP contribution >= 0.6 is 23.2 Å². The van der Waals surface area contributed by atoms with E-state index in [2.05, 4.69) is 5.32 Å². The fraction of sp³-hybridized carbons (Fsp3) is 0.118. The van der Waals surface area contributed by atoms with Gasteiger partial charge in [-0.15, -0.1) is 0 Å². The molecule has 0 fully saturated rings. The molecule has 2 nitrogen and oxygen atoms in total. The summed E-state index contributed by atoms with van der Waals surface area (Å²) >= 11 is 11.8. The van der Waals surface area contributed by atoms with Crippen LogP contribution in [0.1, 0.15) is 11.1 Å². The molecule has 0 aliphatic rings. The smallest absolute Gasteiger partial charge is 0.244 e. The van der Waals surface area contributed by atoms with Gasteiger partial charge in [-0.3, -0.25) is 4.79 Å². The van der Waals surface area contributed by atoms with E-state index in [0.29, 0.717) is 16.6 Å². The Labute approximate surface area is 134 Å². The average molecular weight is 320 g/mol. The summed E-state index contributed by atoms with van der Waals surface area (Å²) in [6.07, 6.45) is 3.99. The summed E-state index contributed by atoms with van der Waals surface area (Å²) in [5.74, 6) is -0.128. The molecule has 0 aromatic heterocycles. The summed E-state index contributed by atoms with van der Waals surface area (Å²) in [6, 6.07) is 15.0. The number of hydrogen-bond donors (Lipinski definition) is 1. The van der Waals surface area contributed by atoms with Crippen molar-refractivity contribution in [3.05, 3.63) is 75.8 Å². The summed E-state index contributed by atoms with van der Waals surface area (Å²) < 4.78 is 0. The Morgan fingerprint density at radius 2 is 1.76 bits per heavy atom. The third-order valence-corrected chi connectivity index (χ3v) is 3.35. The molecule has 0 saturated carbocycles. The van der Waals surface area contributed by atoms with Crippen LogP contribution in [0.15, 0.2) is 54.6 Å². The minimum atomic E-state index is -0.128. The first-order valence-corrected chi connectivity index (χ1v) is 7.35. The van der Waals surface area contributed by atoms with Gasteiger partial charge in [-0.05, 0) is 47.9 Å². The molecule has 21 heavy (non-hydrogen) atoms. The first-order chi connectivity index (χ1) is 10.1. The van der Waals surface area contributed by atoms with Crippen molar-refractivity contribution in [3.8, 4) is 0 Å². The average Bonchev–Trinajstić information content (AvgIpc) is 2.45. The first kappa shape index (κ1) is 15.6. The summed E-state index contributed by atoms with van der Waals surface area (Å²) in [7, 11) is 0. The van der Waals surface area contributed by atoms with Gasteiger partial charge in [0.25, 0.3) is 0 Å². The van der Waals surface area contributed by atoms with Gasteiger partial charge < -0.3 is 5.32 Å². The highest BCUT2D eigenvalue weighted by Crippen LogP contribution is 2.12. The van der Waals surface area contributed by atoms with Crippen molar-refractivity contribution in [1.82, 2.24) is 5.32 Å². The molecule has 1 amide bonds. The number of halogens is 2. The zero-order chi connectivity index (χ0) is 15.1. The van der Waals surface area contributed by atoms with Crippen molar-refractivity contribution < 1.29 is 4.79 Å². The third-order valence-electron chi connectivity index (χ3n) is 2.88. The maximum absolute atomic E-state index is 11.7. The Hall–Kier alpha value is -1.77. The summed E-state index contributed by atoms with van der Waals surface area (Å²) in [4.78, 5) is 11.7. The zero-order valence-corrected chi connectivity index (χ0v) is 12.9. The lowest BCUT2D eigenvalue weighted by Gasteiger charge is -2.03. The van der Waals surface area contributed by atoms with E-state index in [1.165, 1.54) is 6.08 Å². The minimum Gasteiger partial charge on any atom is -0.352 e. The van der Waals surface area contributed by atoms with Crippen LogP contribution < -0.4 is 5.32 Å². The lowest BCUT2D eigenvalue weighted by atomic mass is 10.1. The van der Waals surface area contributed by atoms with Gasteiger partial charge in [0.15, 0.2) is 0 Å². The highest BCUT2D eigenvalue weighted by molar-refractivity contribution is 6.31. The molecule has 108 valence electrons. The molecule has 0 bridgehead atoms. The fourth-order valence-electron chi connectivity index (χ4n) is 1.86. The summed E-state index contributed by atoms with van der Waals surface area (Å²) in [6.45, 7) is 0.569. The predicted octanol–water partition coefficient (Wildman–Crippen LogP) is 4.37. The molecule has 0 atom stereocenters. The van der Waals surface area contributed by atoms with Gasteiger partial charge in [-0.25, -0.2) is 0 Å². The van der Waals surface area contributed by atoms with E-state index in [9.17, 15) is 4.79 Å². The van der Waals surface area contributed by atoms with Crippen LogP contribution in [0.4, 0.5) is 0 Å². The van der Waals surface area contributed by atoms with Gasteiger partial charge in [-0.1, -0.05) is 47.5 Å². The normalized spacial score (nSPS) is 10.8. The van der Waals surface area contributed by atoms with E-state index >= 15 is 0 Å². The van der Waals surface area contributed by atoms with Crippen molar-refractivity contribution in [1.29, 1.82) is 0 Å². The second-order valence-electron chi connectivity index (χ2n) is 4.56. The molecule has 0 spiro atoms. The van der Waals surface area contributed by atoms with Crippen LogP contribution in [0.5, 0.6) is 0 Å². The lowest BCUT2D eigenvalue weighted by Crippen LogP contribution is -2.23. The maximum atomic E-state index is 11.7. The van der Waals surface area contributed by atoms with Crippen molar-refractivity contribution in [2.45, 2.75) is 6.42 Å². The van der Waals surface area contributed by atoms with Gasteiger partial charge in [0, 0.05) is 22.7 Å². The molecule has 0 heterocycles. The topological polar surface area (TPSA) is 29.1 Å². The highest BCUT2D eigenvalue weighted by Gasteiger charge is 1.98. The van der Waals surface area contributed by atoms with Gasteiger partial charge in [0.1, 0.15) is 0 Å². The summed E-state index contributed by atoms with van der Waals surface area (Å²) in [5, 5.41) is 4.19. The van der Waals surface area contributed by atoms with Crippen LogP contribution in [0.3, 0.4) is 0 Å². The number of amides is 1. The lowest BCUT2D eigenvalue weighted by molar-refractivity contribution is -0.116. The van der Waals surface area contributed by atoms with E-state index in [-0.39, 0.29) is 5.91 Å². The largest absolute Gasteiger partial charge is 0.352 e. The quantitative estimate of drug-likeness (QED) is 0.815. The van der Waals surface area contributed by atoms with Gasteiger partial charge >= 0.3 is 0 Å². The van der Waals surface area contributed by atoms with Crippen molar-refractivity contribution in [2.75, 3.05) is 6.54 Å². The van der Waals surface area contributed by atoms with Gasteiger partial charge in [0.2, 0.25) is 5.91 Å². The summed E-state index contributed by atoms with van der Waals surface area (Å²) in [5.41, 5.74) is 1.99. The van der Waals surface area contributed by atoms with E-state index in [1.807, 2.05) is 36.4 Å². The predicted molar refractivity (Wildman–Crippen MR) is 88.7 cm³/mol. The fourth-order valence-corrected chi connectivity index (χ4v) is 2.28. The number of nitrogens with one attached hydrogen (secondary N) is 1. The monoisotopic (exact) mass is 319 g/mol. The molecule has 2 aromatic rings. The molecule has 2 rings (SSSR count). The van der Waals surface area contributed by atoms with Crippen molar-refractivity contribution >= 4 is 35.2 Å². The highest BCUT2D eigenvalue weighted by atomic mass is 35.5. The number of hydrogen-bond acceptors (Lipinski definition) is 1. The maximum Gasteiger partial charge on any atom is 0.244 e. The van der Waals surface area contributed by atoms with E-state index in [1.54, 1.807) is 18.2 Å². The molecular weight excluding hydrogens is 305 g/mol. The molecule has 0 aliphatic carbocycles. The zero-order valence-electron chi connectivity index (χ0n) is 11.4. The molecule has 0 radical (unpaired) electrons. The molecule has 0 unspecified atom stereocenters. The molecular formula is C17H15Cl2NO. The Bertz CT molecular complexity index is 653. The second kappa shape index (κ2) is 7.87. The number of rotatable bonds is 5. The second-order valence-corrected chi connectivity index (χ2v) is 5.43. The van der Waals surface area contributed by atoms with Crippen LogP contribution in [0.25, 0.3) is 6.08 Å². The number of benzene rings is 2. The van der Waals surface area contributed by atoms with E-state index < -0.39 is 0 Å². The Morgan fingerprint density at radius 1 is 1.05 bits per heavy atom. The number of carbonyl (C=O) groups is 1. The molecule has 0 saturated heterocycles. The molecule has 4 heteroatoms. The minimum absolute atomic E-state index is 0.128. The Balaban J connectivity index is 1.80. The standard InChI is InChI=1S/C17H15Cl2NO/c18-15-5-1-3-13(11-15)7-8-17(21)20-10-9-14-4-2-6-16(19)12-14/h1-8,11-12H,9-10H2,(H,20,21). The Kier molecular flexibility index (Phi) is 5.85. The molecule has 1 N–H and O–H groups in total. The first-order valence-electron chi connectivity index (χ1n) is 6.59. The molecule has 0 aliphatic heterocycles. The Morgan fingerprint density at radius 3 is 2.48 bits per heavy atom. The van der Waals surface area contributed by atoms with E-state index in [0.717, 1.165) is 17.5 Å². The third kappa shape index (κ3) is 5.62. The van der Waals surface area contributed by atoms with Crippen LogP contribution in [-0.4, -0.2) is 12.5 Å². The van der Waals surface area contributed by atoms with Crippen molar-refractivity contribution in [3.63, 3.8) is 0 Å². The van der Waals surface area contributed by atoms with Crippen LogP contribution in [0.2, 0.25) is 10.0 Å². The van der Waals surface area contributed by atoms with Crippen molar-refractivity contribution in [2.24, 2.45) is 0 Å². The van der Waals surface area contributed by atoms with Gasteiger partial charge in [0.05, 0.1) is 0 Å². The molecule has 2 aromatic carbocycles. The SMILES string of the molecule is O=C(C=Cc1cccc(Cl)c1)NCCc1cccc(Cl)c1. The number of carbonyl (C=O) groups excluding carboxylic acids is 1. The van der Waals surface area contributed by atoms with Gasteiger partial charge in [-0.2, -0.15) is 0 Å².